The smallest absolute Gasteiger partial charge is 0.167 e. The van der Waals surface area contributed by atoms with Crippen molar-refractivity contribution in [2.24, 2.45) is 0 Å². The zero-order valence-electron chi connectivity index (χ0n) is 10.6. The molecule has 0 aliphatic rings. The zero-order chi connectivity index (χ0) is 13.7. The van der Waals surface area contributed by atoms with Crippen LogP contribution in [0.15, 0.2) is 46.9 Å². The van der Waals surface area contributed by atoms with Crippen molar-refractivity contribution in [1.82, 2.24) is 0 Å². The van der Waals surface area contributed by atoms with Crippen LogP contribution in [0.3, 0.4) is 0 Å². The van der Waals surface area contributed by atoms with Crippen LogP contribution in [-0.2, 0) is 0 Å². The Hall–Kier alpha value is -1.55. The third-order valence-corrected chi connectivity index (χ3v) is 3.22. The maximum atomic E-state index is 13.6. The van der Waals surface area contributed by atoms with Crippen molar-refractivity contribution in [1.29, 1.82) is 0 Å². The SMILES string of the molecule is Cc1cccc(OCCNc2ccc(Br)cc2)c1F. The number of benzene rings is 2. The predicted octanol–water partition coefficient (Wildman–Crippen LogP) is 4.39. The maximum absolute atomic E-state index is 13.6. The van der Waals surface area contributed by atoms with E-state index in [1.807, 2.05) is 24.3 Å². The highest BCUT2D eigenvalue weighted by Gasteiger charge is 2.04. The molecule has 2 aromatic rings. The Kier molecular flexibility index (Phi) is 4.80. The molecule has 0 saturated heterocycles. The lowest BCUT2D eigenvalue weighted by Gasteiger charge is -2.10. The van der Waals surface area contributed by atoms with E-state index in [0.717, 1.165) is 10.2 Å². The molecule has 0 fully saturated rings. The topological polar surface area (TPSA) is 21.3 Å². The molecule has 2 aromatic carbocycles. The molecule has 0 aliphatic heterocycles. The standard InChI is InChI=1S/C15H15BrFNO/c1-11-3-2-4-14(15(11)17)19-10-9-18-13-7-5-12(16)6-8-13/h2-8,18H,9-10H2,1H3. The Labute approximate surface area is 120 Å². The van der Waals surface area contributed by atoms with Crippen LogP contribution < -0.4 is 10.1 Å². The first kappa shape index (κ1) is 13.9. The summed E-state index contributed by atoms with van der Waals surface area (Å²) >= 11 is 3.38. The van der Waals surface area contributed by atoms with Gasteiger partial charge in [-0.1, -0.05) is 28.1 Å². The van der Waals surface area contributed by atoms with Crippen LogP contribution in [0, 0.1) is 12.7 Å². The zero-order valence-corrected chi connectivity index (χ0v) is 12.2. The first-order valence-electron chi connectivity index (χ1n) is 6.04. The van der Waals surface area contributed by atoms with Crippen molar-refractivity contribution in [3.63, 3.8) is 0 Å². The van der Waals surface area contributed by atoms with E-state index in [-0.39, 0.29) is 5.82 Å². The quantitative estimate of drug-likeness (QED) is 0.824. The van der Waals surface area contributed by atoms with Gasteiger partial charge in [0.25, 0.3) is 0 Å². The summed E-state index contributed by atoms with van der Waals surface area (Å²) in [5, 5.41) is 3.21. The van der Waals surface area contributed by atoms with Gasteiger partial charge in [-0.15, -0.1) is 0 Å². The Morgan fingerprint density at radius 1 is 1.16 bits per heavy atom. The normalized spacial score (nSPS) is 10.3. The minimum atomic E-state index is -0.286. The number of nitrogens with one attached hydrogen (secondary N) is 1. The second kappa shape index (κ2) is 6.57. The summed E-state index contributed by atoms with van der Waals surface area (Å²) in [6.45, 7) is 2.76. The van der Waals surface area contributed by atoms with Gasteiger partial charge in [-0.25, -0.2) is 4.39 Å². The van der Waals surface area contributed by atoms with E-state index < -0.39 is 0 Å². The number of halogens is 2. The van der Waals surface area contributed by atoms with Crippen LogP contribution in [0.2, 0.25) is 0 Å². The molecule has 0 aromatic heterocycles. The minimum Gasteiger partial charge on any atom is -0.489 e. The summed E-state index contributed by atoms with van der Waals surface area (Å²) in [6.07, 6.45) is 0. The molecule has 0 heterocycles. The molecular weight excluding hydrogens is 309 g/mol. The Morgan fingerprint density at radius 3 is 2.63 bits per heavy atom. The van der Waals surface area contributed by atoms with Gasteiger partial charge in [0.1, 0.15) is 6.61 Å². The molecule has 2 nitrogen and oxygen atoms in total. The van der Waals surface area contributed by atoms with Crippen LogP contribution >= 0.6 is 15.9 Å². The highest BCUT2D eigenvalue weighted by Crippen LogP contribution is 2.19. The number of hydrogen-bond donors (Lipinski definition) is 1. The monoisotopic (exact) mass is 323 g/mol. The Balaban J connectivity index is 1.81. The molecule has 0 amide bonds. The minimum absolute atomic E-state index is 0.286. The Bertz CT molecular complexity index is 542. The van der Waals surface area contributed by atoms with E-state index in [1.165, 1.54) is 0 Å². The van der Waals surface area contributed by atoms with Crippen molar-refractivity contribution >= 4 is 21.6 Å². The first-order chi connectivity index (χ1) is 9.16. The van der Waals surface area contributed by atoms with Gasteiger partial charge >= 0.3 is 0 Å². The number of ether oxygens (including phenoxy) is 1. The molecule has 100 valence electrons. The van der Waals surface area contributed by atoms with E-state index in [0.29, 0.717) is 24.5 Å². The molecule has 19 heavy (non-hydrogen) atoms. The van der Waals surface area contributed by atoms with E-state index in [9.17, 15) is 4.39 Å². The third-order valence-electron chi connectivity index (χ3n) is 2.69. The molecule has 1 N–H and O–H groups in total. The molecule has 0 bridgehead atoms. The fourth-order valence-electron chi connectivity index (χ4n) is 1.66. The van der Waals surface area contributed by atoms with E-state index in [4.69, 9.17) is 4.74 Å². The number of aryl methyl sites for hydroxylation is 1. The molecule has 2 rings (SSSR count). The van der Waals surface area contributed by atoms with Crippen LogP contribution in [0.5, 0.6) is 5.75 Å². The van der Waals surface area contributed by atoms with Gasteiger partial charge in [-0.05, 0) is 42.8 Å². The second-order valence-electron chi connectivity index (χ2n) is 4.17. The maximum Gasteiger partial charge on any atom is 0.167 e. The Morgan fingerprint density at radius 2 is 1.89 bits per heavy atom. The van der Waals surface area contributed by atoms with Crippen LogP contribution in [-0.4, -0.2) is 13.2 Å². The molecule has 0 unspecified atom stereocenters. The summed E-state index contributed by atoms with van der Waals surface area (Å²) in [5.41, 5.74) is 1.61. The third kappa shape index (κ3) is 3.96. The van der Waals surface area contributed by atoms with Crippen molar-refractivity contribution in [3.8, 4) is 5.75 Å². The van der Waals surface area contributed by atoms with Crippen molar-refractivity contribution in [3.05, 3.63) is 58.3 Å². The fourth-order valence-corrected chi connectivity index (χ4v) is 1.92. The molecule has 0 radical (unpaired) electrons. The van der Waals surface area contributed by atoms with Crippen LogP contribution in [0.1, 0.15) is 5.56 Å². The molecule has 0 aliphatic carbocycles. The first-order valence-corrected chi connectivity index (χ1v) is 6.83. The number of rotatable bonds is 5. The fraction of sp³-hybridized carbons (Fsp3) is 0.200. The van der Waals surface area contributed by atoms with Crippen LogP contribution in [0.25, 0.3) is 0 Å². The van der Waals surface area contributed by atoms with Crippen molar-refractivity contribution in [2.75, 3.05) is 18.5 Å². The van der Waals surface area contributed by atoms with Gasteiger partial charge in [0.2, 0.25) is 0 Å². The van der Waals surface area contributed by atoms with Gasteiger partial charge in [0, 0.05) is 16.7 Å². The van der Waals surface area contributed by atoms with Gasteiger partial charge < -0.3 is 10.1 Å². The molecule has 0 spiro atoms. The van der Waals surface area contributed by atoms with E-state index in [1.54, 1.807) is 25.1 Å². The molecule has 0 atom stereocenters. The lowest BCUT2D eigenvalue weighted by molar-refractivity contribution is 0.314. The highest BCUT2D eigenvalue weighted by molar-refractivity contribution is 9.10. The number of hydrogen-bond acceptors (Lipinski definition) is 2. The molecular formula is C15H15BrFNO. The van der Waals surface area contributed by atoms with E-state index >= 15 is 0 Å². The lowest BCUT2D eigenvalue weighted by atomic mass is 10.2. The van der Waals surface area contributed by atoms with Crippen molar-refractivity contribution < 1.29 is 9.13 Å². The summed E-state index contributed by atoms with van der Waals surface area (Å²) < 4.78 is 20.1. The lowest BCUT2D eigenvalue weighted by Crippen LogP contribution is -2.12. The summed E-state index contributed by atoms with van der Waals surface area (Å²) in [6, 6.07) is 13.0. The average Bonchev–Trinajstić information content (AvgIpc) is 2.41. The van der Waals surface area contributed by atoms with Crippen LogP contribution in [0.4, 0.5) is 10.1 Å². The summed E-state index contributed by atoms with van der Waals surface area (Å²) in [4.78, 5) is 0. The van der Waals surface area contributed by atoms with E-state index in [2.05, 4.69) is 21.2 Å². The van der Waals surface area contributed by atoms with Crippen molar-refractivity contribution in [2.45, 2.75) is 6.92 Å². The summed E-state index contributed by atoms with van der Waals surface area (Å²) in [5.74, 6) is 0.0174. The van der Waals surface area contributed by atoms with Gasteiger partial charge in [0.05, 0.1) is 0 Å². The van der Waals surface area contributed by atoms with Gasteiger partial charge in [-0.2, -0.15) is 0 Å². The average molecular weight is 324 g/mol. The molecule has 4 heteroatoms. The number of anilines is 1. The van der Waals surface area contributed by atoms with Gasteiger partial charge in [0.15, 0.2) is 11.6 Å². The largest absolute Gasteiger partial charge is 0.489 e. The summed E-state index contributed by atoms with van der Waals surface area (Å²) in [7, 11) is 0. The van der Waals surface area contributed by atoms with Gasteiger partial charge in [-0.3, -0.25) is 0 Å². The predicted molar refractivity (Wildman–Crippen MR) is 79.3 cm³/mol. The molecule has 0 saturated carbocycles. The second-order valence-corrected chi connectivity index (χ2v) is 5.08. The highest BCUT2D eigenvalue weighted by atomic mass is 79.9.